The third-order valence-corrected chi connectivity index (χ3v) is 3.21. The van der Waals surface area contributed by atoms with Crippen molar-refractivity contribution >= 4 is 11.9 Å². The Kier molecular flexibility index (Phi) is 5.25. The van der Waals surface area contributed by atoms with E-state index in [1.165, 1.54) is 0 Å². The molecule has 5 heteroatoms. The summed E-state index contributed by atoms with van der Waals surface area (Å²) >= 11 is 0. The van der Waals surface area contributed by atoms with Crippen molar-refractivity contribution in [3.63, 3.8) is 0 Å². The molecule has 1 saturated heterocycles. The van der Waals surface area contributed by atoms with Crippen LogP contribution in [-0.2, 0) is 4.79 Å². The molecule has 5 nitrogen and oxygen atoms in total. The van der Waals surface area contributed by atoms with Crippen LogP contribution >= 0.6 is 0 Å². The van der Waals surface area contributed by atoms with E-state index in [1.807, 2.05) is 13.8 Å². The van der Waals surface area contributed by atoms with Crippen molar-refractivity contribution in [1.82, 2.24) is 15.1 Å². The van der Waals surface area contributed by atoms with Crippen LogP contribution < -0.4 is 5.32 Å². The third kappa shape index (κ3) is 4.24. The molecule has 1 aliphatic heterocycles. The summed E-state index contributed by atoms with van der Waals surface area (Å²) in [6, 6.07) is 0.194. The zero-order valence-corrected chi connectivity index (χ0v) is 11.0. The topological polar surface area (TPSA) is 52.7 Å². The van der Waals surface area contributed by atoms with Crippen LogP contribution in [0.3, 0.4) is 0 Å². The summed E-state index contributed by atoms with van der Waals surface area (Å²) in [5, 5.41) is 2.95. The normalized spacial score (nSPS) is 18.5. The van der Waals surface area contributed by atoms with Crippen molar-refractivity contribution in [1.29, 1.82) is 0 Å². The fraction of sp³-hybridized carbons (Fsp3) is 0.833. The van der Waals surface area contributed by atoms with E-state index < -0.39 is 0 Å². The molecule has 0 aromatic carbocycles. The standard InChI is InChI=1S/C12H23N3O2/c1-4-10(2)13-12(17)15-7-5-6-14(8-9-15)11(3)16/h10H,4-9H2,1-3H3,(H,13,17). The molecule has 1 heterocycles. The number of nitrogens with zero attached hydrogens (tertiary/aromatic N) is 2. The molecule has 1 aliphatic rings. The molecule has 1 rings (SSSR count). The van der Waals surface area contributed by atoms with Gasteiger partial charge in [0.05, 0.1) is 0 Å². The van der Waals surface area contributed by atoms with Crippen molar-refractivity contribution in [3.05, 3.63) is 0 Å². The zero-order chi connectivity index (χ0) is 12.8. The second-order valence-corrected chi connectivity index (χ2v) is 4.61. The van der Waals surface area contributed by atoms with E-state index in [0.717, 1.165) is 25.9 Å². The van der Waals surface area contributed by atoms with E-state index in [9.17, 15) is 9.59 Å². The molecule has 98 valence electrons. The number of nitrogens with one attached hydrogen (secondary N) is 1. The van der Waals surface area contributed by atoms with E-state index >= 15 is 0 Å². The summed E-state index contributed by atoms with van der Waals surface area (Å²) in [4.78, 5) is 26.8. The Hall–Kier alpha value is -1.26. The van der Waals surface area contributed by atoms with E-state index in [2.05, 4.69) is 5.32 Å². The fourth-order valence-electron chi connectivity index (χ4n) is 1.84. The van der Waals surface area contributed by atoms with Gasteiger partial charge in [0.15, 0.2) is 0 Å². The Balaban J connectivity index is 2.45. The lowest BCUT2D eigenvalue weighted by Gasteiger charge is -2.23. The molecule has 0 bridgehead atoms. The smallest absolute Gasteiger partial charge is 0.317 e. The highest BCUT2D eigenvalue weighted by Gasteiger charge is 2.20. The van der Waals surface area contributed by atoms with Gasteiger partial charge in [-0.05, 0) is 19.8 Å². The number of rotatable bonds is 2. The summed E-state index contributed by atoms with van der Waals surface area (Å²) in [5.74, 6) is 0.0918. The zero-order valence-electron chi connectivity index (χ0n) is 11.0. The van der Waals surface area contributed by atoms with Crippen molar-refractivity contribution < 1.29 is 9.59 Å². The first-order valence-corrected chi connectivity index (χ1v) is 6.35. The van der Waals surface area contributed by atoms with E-state index in [1.54, 1.807) is 16.7 Å². The minimum absolute atomic E-state index is 0.00949. The highest BCUT2D eigenvalue weighted by Crippen LogP contribution is 2.04. The van der Waals surface area contributed by atoms with Gasteiger partial charge in [0.2, 0.25) is 5.91 Å². The number of carbonyl (C=O) groups is 2. The maximum absolute atomic E-state index is 11.9. The summed E-state index contributed by atoms with van der Waals surface area (Å²) in [6.07, 6.45) is 1.78. The Morgan fingerprint density at radius 3 is 2.35 bits per heavy atom. The molecule has 0 saturated carbocycles. The lowest BCUT2D eigenvalue weighted by atomic mass is 10.3. The van der Waals surface area contributed by atoms with Crippen LogP contribution in [0.25, 0.3) is 0 Å². The first-order valence-electron chi connectivity index (χ1n) is 6.35. The molecular weight excluding hydrogens is 218 g/mol. The molecule has 0 aromatic rings. The maximum Gasteiger partial charge on any atom is 0.317 e. The summed E-state index contributed by atoms with van der Waals surface area (Å²) in [5.41, 5.74) is 0. The second kappa shape index (κ2) is 6.47. The van der Waals surface area contributed by atoms with E-state index in [0.29, 0.717) is 13.1 Å². The van der Waals surface area contributed by atoms with Crippen molar-refractivity contribution in [2.75, 3.05) is 26.2 Å². The predicted octanol–water partition coefficient (Wildman–Crippen LogP) is 1.05. The van der Waals surface area contributed by atoms with Crippen LogP contribution in [0.1, 0.15) is 33.6 Å². The van der Waals surface area contributed by atoms with Crippen LogP contribution in [0.15, 0.2) is 0 Å². The summed E-state index contributed by atoms with van der Waals surface area (Å²) in [6.45, 7) is 8.37. The monoisotopic (exact) mass is 241 g/mol. The molecule has 3 amide bonds. The molecule has 0 spiro atoms. The van der Waals surface area contributed by atoms with Gasteiger partial charge < -0.3 is 15.1 Å². The highest BCUT2D eigenvalue weighted by molar-refractivity contribution is 5.75. The molecule has 1 N–H and O–H groups in total. The molecule has 1 atom stereocenters. The Morgan fingerprint density at radius 1 is 1.18 bits per heavy atom. The lowest BCUT2D eigenvalue weighted by molar-refractivity contribution is -0.128. The van der Waals surface area contributed by atoms with E-state index in [4.69, 9.17) is 0 Å². The average molecular weight is 241 g/mol. The van der Waals surface area contributed by atoms with Gasteiger partial charge in [-0.1, -0.05) is 6.92 Å². The van der Waals surface area contributed by atoms with Crippen molar-refractivity contribution in [3.8, 4) is 0 Å². The predicted molar refractivity (Wildman–Crippen MR) is 66.7 cm³/mol. The largest absolute Gasteiger partial charge is 0.341 e. The number of urea groups is 1. The van der Waals surface area contributed by atoms with Gasteiger partial charge in [-0.25, -0.2) is 4.79 Å². The van der Waals surface area contributed by atoms with Gasteiger partial charge in [-0.3, -0.25) is 4.79 Å². The fourth-order valence-corrected chi connectivity index (χ4v) is 1.84. The third-order valence-electron chi connectivity index (χ3n) is 3.21. The molecule has 1 unspecified atom stereocenters. The highest BCUT2D eigenvalue weighted by atomic mass is 16.2. The minimum Gasteiger partial charge on any atom is -0.341 e. The Labute approximate surface area is 103 Å². The molecule has 0 aromatic heterocycles. The van der Waals surface area contributed by atoms with Crippen LogP contribution in [0.5, 0.6) is 0 Å². The summed E-state index contributed by atoms with van der Waals surface area (Å²) < 4.78 is 0. The Bertz CT molecular complexity index is 281. The van der Waals surface area contributed by atoms with Crippen molar-refractivity contribution in [2.45, 2.75) is 39.7 Å². The van der Waals surface area contributed by atoms with Crippen LogP contribution in [0.4, 0.5) is 4.79 Å². The van der Waals surface area contributed by atoms with Crippen LogP contribution in [0.2, 0.25) is 0 Å². The van der Waals surface area contributed by atoms with Gasteiger partial charge in [0.1, 0.15) is 0 Å². The number of carbonyl (C=O) groups excluding carboxylic acids is 2. The maximum atomic E-state index is 11.9. The first-order chi connectivity index (χ1) is 8.04. The van der Waals surface area contributed by atoms with Crippen molar-refractivity contribution in [2.24, 2.45) is 0 Å². The van der Waals surface area contributed by atoms with Gasteiger partial charge >= 0.3 is 6.03 Å². The van der Waals surface area contributed by atoms with Crippen LogP contribution in [-0.4, -0.2) is 54.0 Å². The molecular formula is C12H23N3O2. The lowest BCUT2D eigenvalue weighted by Crippen LogP contribution is -2.45. The van der Waals surface area contributed by atoms with Gasteiger partial charge in [-0.2, -0.15) is 0 Å². The number of hydrogen-bond acceptors (Lipinski definition) is 2. The summed E-state index contributed by atoms with van der Waals surface area (Å²) in [7, 11) is 0. The van der Waals surface area contributed by atoms with Gasteiger partial charge in [0, 0.05) is 39.1 Å². The SMILES string of the molecule is CCC(C)NC(=O)N1CCCN(C(C)=O)CC1. The first kappa shape index (κ1) is 13.8. The number of hydrogen-bond donors (Lipinski definition) is 1. The van der Waals surface area contributed by atoms with Gasteiger partial charge in [0.25, 0.3) is 0 Å². The number of amides is 3. The second-order valence-electron chi connectivity index (χ2n) is 4.61. The molecule has 1 fully saturated rings. The minimum atomic E-state index is -0.00949. The molecule has 0 aliphatic carbocycles. The van der Waals surface area contributed by atoms with E-state index in [-0.39, 0.29) is 18.0 Å². The molecule has 17 heavy (non-hydrogen) atoms. The quantitative estimate of drug-likeness (QED) is 0.785. The van der Waals surface area contributed by atoms with Crippen LogP contribution in [0, 0.1) is 0 Å². The Morgan fingerprint density at radius 2 is 1.76 bits per heavy atom. The van der Waals surface area contributed by atoms with Gasteiger partial charge in [-0.15, -0.1) is 0 Å². The molecule has 0 radical (unpaired) electrons. The average Bonchev–Trinajstić information content (AvgIpc) is 2.54.